The molecule has 0 radical (unpaired) electrons. The number of hydrogen-bond acceptors (Lipinski definition) is 3. The number of amides is 2. The van der Waals surface area contributed by atoms with Gasteiger partial charge in [-0.25, -0.2) is 4.39 Å². The zero-order valence-electron chi connectivity index (χ0n) is 14.1. The van der Waals surface area contributed by atoms with Crippen LogP contribution >= 0.6 is 0 Å². The number of hydrogen-bond donors (Lipinski definition) is 3. The van der Waals surface area contributed by atoms with Crippen LogP contribution in [-0.2, 0) is 29.2 Å². The maximum absolute atomic E-state index is 13.1. The van der Waals surface area contributed by atoms with Gasteiger partial charge < -0.3 is 16.0 Å². The molecule has 2 rings (SSSR count). The molecule has 0 spiro atoms. The van der Waals surface area contributed by atoms with E-state index in [-0.39, 0.29) is 24.2 Å². The lowest BCUT2D eigenvalue weighted by Crippen LogP contribution is -2.35. The average molecular weight is 343 g/mol. The van der Waals surface area contributed by atoms with E-state index >= 15 is 0 Å². The van der Waals surface area contributed by atoms with E-state index in [9.17, 15) is 14.0 Å². The highest BCUT2D eigenvalue weighted by atomic mass is 19.1. The van der Waals surface area contributed by atoms with Crippen LogP contribution in [-0.4, -0.2) is 18.4 Å². The van der Waals surface area contributed by atoms with Crippen LogP contribution in [0.5, 0.6) is 0 Å². The van der Waals surface area contributed by atoms with E-state index < -0.39 is 0 Å². The average Bonchev–Trinajstić information content (AvgIpc) is 2.59. The van der Waals surface area contributed by atoms with Gasteiger partial charge in [0.2, 0.25) is 11.8 Å². The third kappa shape index (κ3) is 7.14. The minimum absolute atomic E-state index is 0.0165. The Hall–Kier alpha value is -2.73. The summed E-state index contributed by atoms with van der Waals surface area (Å²) < 4.78 is 13.1. The third-order valence-electron chi connectivity index (χ3n) is 3.56. The van der Waals surface area contributed by atoms with Gasteiger partial charge in [0.15, 0.2) is 0 Å². The molecular weight excluding hydrogens is 321 g/mol. The van der Waals surface area contributed by atoms with Crippen molar-refractivity contribution in [1.82, 2.24) is 16.0 Å². The Morgan fingerprint density at radius 1 is 0.880 bits per heavy atom. The lowest BCUT2D eigenvalue weighted by atomic mass is 10.1. The summed E-state index contributed by atoms with van der Waals surface area (Å²) in [6.07, 6.45) is 0. The number of rotatable bonds is 8. The van der Waals surface area contributed by atoms with Crippen LogP contribution in [0.3, 0.4) is 0 Å². The summed E-state index contributed by atoms with van der Waals surface area (Å²) in [6, 6.07) is 14.4. The van der Waals surface area contributed by atoms with Crippen LogP contribution in [0.15, 0.2) is 48.5 Å². The monoisotopic (exact) mass is 343 g/mol. The van der Waals surface area contributed by atoms with E-state index in [0.717, 1.165) is 16.7 Å². The number of carbonyl (C=O) groups is 2. The number of carbonyl (C=O) groups excluding carboxylic acids is 2. The summed E-state index contributed by atoms with van der Waals surface area (Å²) in [5.74, 6) is -0.689. The lowest BCUT2D eigenvalue weighted by Gasteiger charge is -2.08. The van der Waals surface area contributed by atoms with Crippen molar-refractivity contribution in [2.45, 2.75) is 26.6 Å². The Labute approximate surface area is 146 Å². The molecule has 0 heterocycles. The second kappa shape index (κ2) is 9.54. The van der Waals surface area contributed by atoms with E-state index in [1.165, 1.54) is 19.1 Å². The van der Waals surface area contributed by atoms with Gasteiger partial charge in [-0.1, -0.05) is 36.4 Å². The Kier molecular flexibility index (Phi) is 7.10. The van der Waals surface area contributed by atoms with Gasteiger partial charge >= 0.3 is 0 Å². The maximum Gasteiger partial charge on any atom is 0.239 e. The van der Waals surface area contributed by atoms with Gasteiger partial charge in [-0.05, 0) is 28.8 Å². The topological polar surface area (TPSA) is 70.2 Å². The summed E-state index contributed by atoms with van der Waals surface area (Å²) in [6.45, 7) is 3.03. The van der Waals surface area contributed by atoms with Crippen molar-refractivity contribution in [3.8, 4) is 0 Å². The fraction of sp³-hybridized carbons (Fsp3) is 0.263. The predicted molar refractivity (Wildman–Crippen MR) is 93.9 cm³/mol. The number of nitrogens with one attached hydrogen (secondary N) is 3. The first-order valence-electron chi connectivity index (χ1n) is 8.07. The Morgan fingerprint density at radius 2 is 1.52 bits per heavy atom. The lowest BCUT2D eigenvalue weighted by molar-refractivity contribution is -0.125. The number of benzene rings is 2. The molecule has 25 heavy (non-hydrogen) atoms. The molecule has 132 valence electrons. The molecule has 0 atom stereocenters. The molecular formula is C19H22FN3O2. The molecule has 0 aliphatic rings. The van der Waals surface area contributed by atoms with Crippen molar-refractivity contribution >= 4 is 11.8 Å². The molecule has 0 aliphatic carbocycles. The predicted octanol–water partition coefficient (Wildman–Crippen LogP) is 1.87. The highest BCUT2D eigenvalue weighted by molar-refractivity contribution is 5.83. The van der Waals surface area contributed by atoms with Gasteiger partial charge in [0, 0.05) is 26.6 Å². The van der Waals surface area contributed by atoms with E-state index in [1.54, 1.807) is 6.07 Å². The summed E-state index contributed by atoms with van der Waals surface area (Å²) in [5.41, 5.74) is 2.98. The molecule has 2 amide bonds. The molecule has 0 aliphatic heterocycles. The first-order valence-corrected chi connectivity index (χ1v) is 8.07. The summed E-state index contributed by atoms with van der Waals surface area (Å²) in [4.78, 5) is 22.3. The van der Waals surface area contributed by atoms with Gasteiger partial charge in [0.1, 0.15) is 5.82 Å². The standard InChI is InChI=1S/C19H22FN3O2/c1-14(24)22-13-19(25)23-12-16-7-5-15(6-8-16)10-21-11-17-3-2-4-18(20)9-17/h2-9,21H,10-13H2,1H3,(H,22,24)(H,23,25). The molecule has 0 bridgehead atoms. The third-order valence-corrected chi connectivity index (χ3v) is 3.56. The van der Waals surface area contributed by atoms with Gasteiger partial charge in [-0.15, -0.1) is 0 Å². The minimum Gasteiger partial charge on any atom is -0.350 e. The molecule has 0 fully saturated rings. The zero-order valence-corrected chi connectivity index (χ0v) is 14.1. The maximum atomic E-state index is 13.1. The summed E-state index contributed by atoms with van der Waals surface area (Å²) >= 11 is 0. The normalized spacial score (nSPS) is 10.3. The molecule has 3 N–H and O–H groups in total. The van der Waals surface area contributed by atoms with Crippen LogP contribution in [0.1, 0.15) is 23.6 Å². The van der Waals surface area contributed by atoms with E-state index in [4.69, 9.17) is 0 Å². The fourth-order valence-electron chi connectivity index (χ4n) is 2.24. The van der Waals surface area contributed by atoms with Crippen LogP contribution in [0, 0.1) is 5.82 Å². The largest absolute Gasteiger partial charge is 0.350 e. The van der Waals surface area contributed by atoms with Gasteiger partial charge in [0.05, 0.1) is 6.54 Å². The van der Waals surface area contributed by atoms with Crippen molar-refractivity contribution in [2.75, 3.05) is 6.54 Å². The fourth-order valence-corrected chi connectivity index (χ4v) is 2.24. The van der Waals surface area contributed by atoms with Crippen molar-refractivity contribution in [2.24, 2.45) is 0 Å². The van der Waals surface area contributed by atoms with Crippen molar-refractivity contribution in [1.29, 1.82) is 0 Å². The van der Waals surface area contributed by atoms with Gasteiger partial charge in [-0.2, -0.15) is 0 Å². The molecule has 5 nitrogen and oxygen atoms in total. The Bertz CT molecular complexity index is 717. The highest BCUT2D eigenvalue weighted by Gasteiger charge is 2.02. The SMILES string of the molecule is CC(=O)NCC(=O)NCc1ccc(CNCc2cccc(F)c2)cc1. The van der Waals surface area contributed by atoms with Crippen LogP contribution < -0.4 is 16.0 Å². The molecule has 2 aromatic carbocycles. The van der Waals surface area contributed by atoms with Crippen LogP contribution in [0.25, 0.3) is 0 Å². The van der Waals surface area contributed by atoms with E-state index in [2.05, 4.69) is 16.0 Å². The van der Waals surface area contributed by atoms with Crippen molar-refractivity contribution in [3.63, 3.8) is 0 Å². The Morgan fingerprint density at radius 3 is 2.16 bits per heavy atom. The van der Waals surface area contributed by atoms with E-state index in [1.807, 2.05) is 30.3 Å². The second-order valence-corrected chi connectivity index (χ2v) is 5.74. The second-order valence-electron chi connectivity index (χ2n) is 5.74. The van der Waals surface area contributed by atoms with Gasteiger partial charge in [-0.3, -0.25) is 9.59 Å². The summed E-state index contributed by atoms with van der Waals surface area (Å²) in [7, 11) is 0. The first kappa shape index (κ1) is 18.6. The molecule has 0 unspecified atom stereocenters. The molecule has 2 aromatic rings. The summed E-state index contributed by atoms with van der Waals surface area (Å²) in [5, 5.41) is 8.45. The number of halogens is 1. The van der Waals surface area contributed by atoms with Crippen LogP contribution in [0.2, 0.25) is 0 Å². The molecule has 0 aromatic heterocycles. The molecule has 0 saturated heterocycles. The highest BCUT2D eigenvalue weighted by Crippen LogP contribution is 2.06. The minimum atomic E-state index is -0.232. The van der Waals surface area contributed by atoms with Crippen molar-refractivity contribution in [3.05, 3.63) is 71.0 Å². The first-order chi connectivity index (χ1) is 12.0. The molecule has 6 heteroatoms. The molecule has 0 saturated carbocycles. The smallest absolute Gasteiger partial charge is 0.239 e. The van der Waals surface area contributed by atoms with Crippen LogP contribution in [0.4, 0.5) is 4.39 Å². The van der Waals surface area contributed by atoms with Gasteiger partial charge in [0.25, 0.3) is 0 Å². The Balaban J connectivity index is 1.72. The van der Waals surface area contributed by atoms with Crippen molar-refractivity contribution < 1.29 is 14.0 Å². The van der Waals surface area contributed by atoms with E-state index in [0.29, 0.717) is 19.6 Å². The zero-order chi connectivity index (χ0) is 18.1. The quantitative estimate of drug-likeness (QED) is 0.685.